The van der Waals surface area contributed by atoms with Crippen LogP contribution in [0.5, 0.6) is 17.2 Å². The van der Waals surface area contributed by atoms with Crippen molar-refractivity contribution in [2.24, 2.45) is 0 Å². The molecular formula is C24H24N2O6S. The lowest BCUT2D eigenvalue weighted by atomic mass is 10.0. The number of carbonyl (C=O) groups excluding carboxylic acids is 1. The summed E-state index contributed by atoms with van der Waals surface area (Å²) in [5.74, 6) is 1.45. The molecule has 0 radical (unpaired) electrons. The van der Waals surface area contributed by atoms with Gasteiger partial charge >= 0.3 is 0 Å². The van der Waals surface area contributed by atoms with Crippen LogP contribution in [0.1, 0.15) is 18.0 Å². The van der Waals surface area contributed by atoms with Crippen molar-refractivity contribution < 1.29 is 27.4 Å². The third-order valence-corrected chi connectivity index (χ3v) is 7.28. The van der Waals surface area contributed by atoms with Crippen molar-refractivity contribution in [1.82, 2.24) is 4.31 Å². The molecule has 0 fully saturated rings. The molecule has 3 aromatic carbocycles. The highest BCUT2D eigenvalue weighted by atomic mass is 32.2. The maximum Gasteiger partial charge on any atom is 0.243 e. The highest BCUT2D eigenvalue weighted by Crippen LogP contribution is 2.35. The molecule has 172 valence electrons. The minimum atomic E-state index is -3.84. The van der Waals surface area contributed by atoms with Crippen LogP contribution in [0.3, 0.4) is 0 Å². The number of hydrogen-bond donors (Lipinski definition) is 1. The summed E-state index contributed by atoms with van der Waals surface area (Å²) < 4.78 is 43.6. The van der Waals surface area contributed by atoms with Gasteiger partial charge in [0.05, 0.1) is 18.0 Å². The van der Waals surface area contributed by atoms with Crippen LogP contribution in [0.25, 0.3) is 0 Å². The van der Waals surface area contributed by atoms with E-state index < -0.39 is 16.1 Å². The summed E-state index contributed by atoms with van der Waals surface area (Å²) in [6.07, 6.45) is -0.0939. The van der Waals surface area contributed by atoms with Crippen molar-refractivity contribution >= 4 is 21.6 Å². The minimum Gasteiger partial charge on any atom is -0.497 e. The molecule has 1 heterocycles. The molecule has 0 aliphatic carbocycles. The van der Waals surface area contributed by atoms with Crippen LogP contribution in [0.4, 0.5) is 5.69 Å². The fourth-order valence-corrected chi connectivity index (χ4v) is 4.94. The Morgan fingerprint density at radius 1 is 1.03 bits per heavy atom. The van der Waals surface area contributed by atoms with Crippen molar-refractivity contribution in [3.63, 3.8) is 0 Å². The Morgan fingerprint density at radius 3 is 2.42 bits per heavy atom. The molecule has 1 N–H and O–H groups in total. The van der Waals surface area contributed by atoms with E-state index in [0.717, 1.165) is 0 Å². The third-order valence-electron chi connectivity index (χ3n) is 5.39. The Kier molecular flexibility index (Phi) is 6.52. The van der Waals surface area contributed by atoms with Gasteiger partial charge in [-0.1, -0.05) is 30.3 Å². The predicted octanol–water partition coefficient (Wildman–Crippen LogP) is 3.81. The summed E-state index contributed by atoms with van der Waals surface area (Å²) >= 11 is 0. The SMILES string of the molecule is COc1ccc([C@H](CC(=O)Nc2ccc3c(c2)OCO3)N(C)S(=O)(=O)c2ccccc2)cc1. The summed E-state index contributed by atoms with van der Waals surface area (Å²) in [5, 5.41) is 2.82. The van der Waals surface area contributed by atoms with Gasteiger partial charge in [-0.05, 0) is 42.0 Å². The van der Waals surface area contributed by atoms with Crippen LogP contribution in [0.15, 0.2) is 77.7 Å². The van der Waals surface area contributed by atoms with Crippen LogP contribution in [-0.2, 0) is 14.8 Å². The first-order valence-corrected chi connectivity index (χ1v) is 11.7. The lowest BCUT2D eigenvalue weighted by molar-refractivity contribution is -0.117. The van der Waals surface area contributed by atoms with Crippen molar-refractivity contribution in [3.8, 4) is 17.2 Å². The zero-order chi connectivity index (χ0) is 23.4. The first kappa shape index (κ1) is 22.6. The monoisotopic (exact) mass is 468 g/mol. The maximum absolute atomic E-state index is 13.3. The Hall–Kier alpha value is -3.56. The number of benzene rings is 3. The number of anilines is 1. The lowest BCUT2D eigenvalue weighted by Gasteiger charge is -2.28. The number of sulfonamides is 1. The number of amides is 1. The van der Waals surface area contributed by atoms with Crippen LogP contribution in [-0.4, -0.2) is 39.6 Å². The summed E-state index contributed by atoms with van der Waals surface area (Å²) in [4.78, 5) is 13.1. The molecule has 0 saturated carbocycles. The molecule has 0 aromatic heterocycles. The molecule has 3 aromatic rings. The van der Waals surface area contributed by atoms with E-state index in [9.17, 15) is 13.2 Å². The van der Waals surface area contributed by atoms with Crippen molar-refractivity contribution in [3.05, 3.63) is 78.4 Å². The van der Waals surface area contributed by atoms with Gasteiger partial charge in [0.25, 0.3) is 0 Å². The molecule has 0 bridgehead atoms. The second-order valence-corrected chi connectivity index (χ2v) is 9.44. The van der Waals surface area contributed by atoms with Gasteiger partial charge < -0.3 is 19.5 Å². The zero-order valence-electron chi connectivity index (χ0n) is 18.2. The number of carbonyl (C=O) groups is 1. The highest BCUT2D eigenvalue weighted by molar-refractivity contribution is 7.89. The molecule has 0 unspecified atom stereocenters. The van der Waals surface area contributed by atoms with E-state index in [0.29, 0.717) is 28.5 Å². The largest absolute Gasteiger partial charge is 0.497 e. The van der Waals surface area contributed by atoms with Gasteiger partial charge in [-0.15, -0.1) is 0 Å². The predicted molar refractivity (Wildman–Crippen MR) is 123 cm³/mol. The van der Waals surface area contributed by atoms with Crippen molar-refractivity contribution in [2.75, 3.05) is 26.3 Å². The Bertz CT molecular complexity index is 1230. The number of ether oxygens (including phenoxy) is 3. The highest BCUT2D eigenvalue weighted by Gasteiger charge is 2.31. The number of hydrogen-bond acceptors (Lipinski definition) is 6. The molecule has 1 aliphatic rings. The molecule has 33 heavy (non-hydrogen) atoms. The van der Waals surface area contributed by atoms with E-state index >= 15 is 0 Å². The fourth-order valence-electron chi connectivity index (χ4n) is 3.57. The molecule has 0 spiro atoms. The standard InChI is InChI=1S/C24H24N2O6S/c1-26(33(28,29)20-6-4-3-5-7-20)21(17-8-11-19(30-2)12-9-17)15-24(27)25-18-10-13-22-23(14-18)32-16-31-22/h3-14,21H,15-16H2,1-2H3,(H,25,27)/t21-/m0/s1. The van der Waals surface area contributed by atoms with Crippen LogP contribution in [0.2, 0.25) is 0 Å². The molecule has 9 heteroatoms. The van der Waals surface area contributed by atoms with Crippen molar-refractivity contribution in [2.45, 2.75) is 17.4 Å². The number of fused-ring (bicyclic) bond motifs is 1. The molecule has 1 aliphatic heterocycles. The lowest BCUT2D eigenvalue weighted by Crippen LogP contribution is -2.33. The summed E-state index contributed by atoms with van der Waals surface area (Å²) in [5.41, 5.74) is 1.20. The first-order valence-electron chi connectivity index (χ1n) is 10.2. The Labute approximate surface area is 192 Å². The number of rotatable bonds is 8. The molecular weight excluding hydrogens is 444 g/mol. The second kappa shape index (κ2) is 9.51. The van der Waals surface area contributed by atoms with E-state index in [1.54, 1.807) is 67.8 Å². The molecule has 8 nitrogen and oxygen atoms in total. The van der Waals surface area contributed by atoms with Gasteiger partial charge in [-0.2, -0.15) is 4.31 Å². The van der Waals surface area contributed by atoms with E-state index in [1.165, 1.54) is 23.5 Å². The van der Waals surface area contributed by atoms with Gasteiger partial charge in [-0.25, -0.2) is 8.42 Å². The topological polar surface area (TPSA) is 94.2 Å². The molecule has 1 amide bonds. The van der Waals surface area contributed by atoms with E-state index in [-0.39, 0.29) is 24.0 Å². The maximum atomic E-state index is 13.3. The molecule has 4 rings (SSSR count). The number of nitrogens with one attached hydrogen (secondary N) is 1. The Morgan fingerprint density at radius 2 is 1.73 bits per heavy atom. The van der Waals surface area contributed by atoms with Crippen LogP contribution >= 0.6 is 0 Å². The van der Waals surface area contributed by atoms with Gasteiger partial charge in [0.2, 0.25) is 22.7 Å². The quantitative estimate of drug-likeness (QED) is 0.540. The average Bonchev–Trinajstić information content (AvgIpc) is 3.31. The number of methoxy groups -OCH3 is 1. The van der Waals surface area contributed by atoms with Gasteiger partial charge in [0.1, 0.15) is 5.75 Å². The Balaban J connectivity index is 1.60. The minimum absolute atomic E-state index is 0.0939. The summed E-state index contributed by atoms with van der Waals surface area (Å²) in [6.45, 7) is 0.133. The van der Waals surface area contributed by atoms with Gasteiger partial charge in [0.15, 0.2) is 11.5 Å². The summed E-state index contributed by atoms with van der Waals surface area (Å²) in [7, 11) is -0.813. The number of nitrogens with zero attached hydrogens (tertiary/aromatic N) is 1. The smallest absolute Gasteiger partial charge is 0.243 e. The van der Waals surface area contributed by atoms with Gasteiger partial charge in [-0.3, -0.25) is 4.79 Å². The first-order chi connectivity index (χ1) is 15.9. The van der Waals surface area contributed by atoms with E-state index in [4.69, 9.17) is 14.2 Å². The molecule has 1 atom stereocenters. The third kappa shape index (κ3) is 4.94. The zero-order valence-corrected chi connectivity index (χ0v) is 19.0. The normalized spacial score (nSPS) is 13.5. The van der Waals surface area contributed by atoms with Gasteiger partial charge in [0, 0.05) is 25.2 Å². The van der Waals surface area contributed by atoms with E-state index in [2.05, 4.69) is 5.32 Å². The van der Waals surface area contributed by atoms with Crippen LogP contribution < -0.4 is 19.5 Å². The van der Waals surface area contributed by atoms with Crippen LogP contribution in [0, 0.1) is 0 Å². The molecule has 0 saturated heterocycles. The van der Waals surface area contributed by atoms with E-state index in [1.807, 2.05) is 0 Å². The summed E-state index contributed by atoms with van der Waals surface area (Å²) in [6, 6.07) is 19.5. The second-order valence-electron chi connectivity index (χ2n) is 7.44. The average molecular weight is 469 g/mol. The fraction of sp³-hybridized carbons (Fsp3) is 0.208. The van der Waals surface area contributed by atoms with Crippen molar-refractivity contribution in [1.29, 1.82) is 0 Å².